The Morgan fingerprint density at radius 3 is 2.79 bits per heavy atom. The minimum Gasteiger partial charge on any atom is -0.497 e. The van der Waals surface area contributed by atoms with E-state index in [9.17, 15) is 14.4 Å². The molecule has 0 unspecified atom stereocenters. The molecule has 1 aliphatic rings. The number of amides is 3. The number of carbonyl (C=O) groups is 3. The number of urea groups is 1. The fraction of sp³-hybridized carbons (Fsp3) is 0.167. The van der Waals surface area contributed by atoms with Gasteiger partial charge in [0, 0.05) is 17.5 Å². The molecule has 168 valence electrons. The molecule has 0 bridgehead atoms. The third-order valence-electron chi connectivity index (χ3n) is 5.50. The number of nitrogens with one attached hydrogen (secondary N) is 1. The fourth-order valence-electron chi connectivity index (χ4n) is 3.83. The quantitative estimate of drug-likeness (QED) is 0.521. The molecule has 2 aromatic carbocycles. The number of pyridine rings is 1. The smallest absolute Gasteiger partial charge is 0.313 e. The summed E-state index contributed by atoms with van der Waals surface area (Å²) in [7, 11) is 1.51. The topological polar surface area (TPSA) is 115 Å². The molecule has 9 heteroatoms. The second-order valence-corrected chi connectivity index (χ2v) is 8.09. The normalized spacial score (nSPS) is 15.2. The molecule has 3 N–H and O–H groups in total. The van der Waals surface area contributed by atoms with Crippen LogP contribution in [0.25, 0.3) is 17.0 Å². The van der Waals surface area contributed by atoms with Crippen LogP contribution in [-0.4, -0.2) is 47.3 Å². The molecule has 0 aliphatic carbocycles. The Kier molecular flexibility index (Phi) is 6.02. The van der Waals surface area contributed by atoms with Gasteiger partial charge in [0.05, 0.1) is 29.9 Å². The third-order valence-corrected chi connectivity index (χ3v) is 5.95. The van der Waals surface area contributed by atoms with E-state index in [-0.39, 0.29) is 24.0 Å². The zero-order valence-corrected chi connectivity index (χ0v) is 18.5. The van der Waals surface area contributed by atoms with Crippen LogP contribution in [0.1, 0.15) is 21.6 Å². The van der Waals surface area contributed by atoms with Gasteiger partial charge in [0.1, 0.15) is 5.75 Å². The highest BCUT2D eigenvalue weighted by molar-refractivity contribution is 6.34. The predicted octanol–water partition coefficient (Wildman–Crippen LogP) is 3.09. The number of halogens is 1. The van der Waals surface area contributed by atoms with Crippen molar-refractivity contribution in [1.29, 1.82) is 0 Å². The van der Waals surface area contributed by atoms with Crippen LogP contribution in [0.4, 0.5) is 4.79 Å². The molecule has 2 heterocycles. The number of rotatable bonds is 7. The second kappa shape index (κ2) is 8.91. The number of carbonyl (C=O) groups excluding carboxylic acids is 3. The van der Waals surface area contributed by atoms with Crippen molar-refractivity contribution < 1.29 is 19.1 Å². The molecule has 1 aromatic heterocycles. The molecular weight excluding hydrogens is 444 g/mol. The summed E-state index contributed by atoms with van der Waals surface area (Å²) >= 11 is 6.58. The van der Waals surface area contributed by atoms with E-state index >= 15 is 0 Å². The zero-order valence-electron chi connectivity index (χ0n) is 17.7. The minimum absolute atomic E-state index is 0.0274. The van der Waals surface area contributed by atoms with Crippen molar-refractivity contribution in [2.24, 2.45) is 5.73 Å². The number of para-hydroxylation sites is 1. The average molecular weight is 465 g/mol. The first-order valence-corrected chi connectivity index (χ1v) is 10.5. The van der Waals surface area contributed by atoms with Gasteiger partial charge in [-0.3, -0.25) is 4.79 Å². The van der Waals surface area contributed by atoms with Crippen molar-refractivity contribution in [2.75, 3.05) is 13.7 Å². The lowest BCUT2D eigenvalue weighted by Gasteiger charge is -2.32. The molecule has 4 rings (SSSR count). The summed E-state index contributed by atoms with van der Waals surface area (Å²) in [5.41, 5.74) is 6.08. The van der Waals surface area contributed by atoms with Crippen molar-refractivity contribution in [1.82, 2.24) is 15.2 Å². The molecule has 1 aliphatic heterocycles. The van der Waals surface area contributed by atoms with Gasteiger partial charge in [0.25, 0.3) is 5.91 Å². The van der Waals surface area contributed by atoms with Crippen LogP contribution in [0.5, 0.6) is 5.75 Å². The molecular formula is C24H21ClN4O4. The summed E-state index contributed by atoms with van der Waals surface area (Å²) < 4.78 is 5.20. The van der Waals surface area contributed by atoms with Gasteiger partial charge in [-0.1, -0.05) is 41.9 Å². The fourth-order valence-corrected chi connectivity index (χ4v) is 4.10. The van der Waals surface area contributed by atoms with Gasteiger partial charge in [0.2, 0.25) is 0 Å². The Hall–Kier alpha value is -3.91. The Morgan fingerprint density at radius 1 is 1.27 bits per heavy atom. The van der Waals surface area contributed by atoms with Crippen molar-refractivity contribution in [2.45, 2.75) is 12.1 Å². The van der Waals surface area contributed by atoms with E-state index in [1.165, 1.54) is 18.1 Å². The molecule has 33 heavy (non-hydrogen) atoms. The molecule has 0 saturated carbocycles. The minimum atomic E-state index is -1.75. The number of aromatic nitrogens is 1. The first-order chi connectivity index (χ1) is 15.8. The summed E-state index contributed by atoms with van der Waals surface area (Å²) in [5.74, 6) is 0.232. The number of methoxy groups -OCH3 is 1. The highest BCUT2D eigenvalue weighted by atomic mass is 35.5. The summed E-state index contributed by atoms with van der Waals surface area (Å²) in [6.07, 6.45) is 1.96. The molecule has 8 nitrogen and oxygen atoms in total. The molecule has 3 aromatic rings. The second-order valence-electron chi connectivity index (χ2n) is 7.68. The first-order valence-electron chi connectivity index (χ1n) is 10.1. The van der Waals surface area contributed by atoms with Crippen LogP contribution >= 0.6 is 11.6 Å². The highest BCUT2D eigenvalue weighted by Gasteiger charge is 2.41. The predicted molar refractivity (Wildman–Crippen MR) is 125 cm³/mol. The van der Waals surface area contributed by atoms with Gasteiger partial charge in [-0.2, -0.15) is 0 Å². The summed E-state index contributed by atoms with van der Waals surface area (Å²) in [6.45, 7) is 0.0325. The van der Waals surface area contributed by atoms with E-state index in [4.69, 9.17) is 22.1 Å². The van der Waals surface area contributed by atoms with Crippen molar-refractivity contribution >= 4 is 46.8 Å². The lowest BCUT2D eigenvalue weighted by Crippen LogP contribution is -2.58. The SMILES string of the molecule is COc1ccc2c(c1)C(=O)N(C[C@](C=O)(NC(N)=O)/C(Cl)=C\c1ccc3ccccc3n1)C2. The number of hydrogen-bond donors (Lipinski definition) is 2. The van der Waals surface area contributed by atoms with E-state index in [2.05, 4.69) is 10.3 Å². The van der Waals surface area contributed by atoms with Gasteiger partial charge in [-0.25, -0.2) is 9.78 Å². The largest absolute Gasteiger partial charge is 0.497 e. The van der Waals surface area contributed by atoms with Crippen LogP contribution in [0.15, 0.2) is 59.6 Å². The van der Waals surface area contributed by atoms with Crippen LogP contribution in [-0.2, 0) is 11.3 Å². The van der Waals surface area contributed by atoms with Crippen LogP contribution in [0.3, 0.4) is 0 Å². The zero-order chi connectivity index (χ0) is 23.6. The van der Waals surface area contributed by atoms with Gasteiger partial charge >= 0.3 is 6.03 Å². The van der Waals surface area contributed by atoms with Gasteiger partial charge in [-0.05, 0) is 35.9 Å². The molecule has 0 fully saturated rings. The molecule has 0 radical (unpaired) electrons. The van der Waals surface area contributed by atoms with E-state index in [0.29, 0.717) is 23.3 Å². The molecule has 1 atom stereocenters. The average Bonchev–Trinajstić information content (AvgIpc) is 3.12. The van der Waals surface area contributed by atoms with Gasteiger partial charge in [-0.15, -0.1) is 0 Å². The van der Waals surface area contributed by atoms with Gasteiger partial charge < -0.3 is 25.5 Å². The number of primary amides is 1. The van der Waals surface area contributed by atoms with Crippen LogP contribution < -0.4 is 15.8 Å². The Bertz CT molecular complexity index is 1290. The Morgan fingerprint density at radius 2 is 2.06 bits per heavy atom. The lowest BCUT2D eigenvalue weighted by atomic mass is 9.98. The number of ether oxygens (including phenoxy) is 1. The maximum atomic E-state index is 13.0. The number of hydrogen-bond acceptors (Lipinski definition) is 5. The molecule has 0 saturated heterocycles. The number of nitrogens with zero attached hydrogens (tertiary/aromatic N) is 2. The maximum absolute atomic E-state index is 13.0. The monoisotopic (exact) mass is 464 g/mol. The van der Waals surface area contributed by atoms with Crippen molar-refractivity contribution in [3.63, 3.8) is 0 Å². The Labute approximate surface area is 195 Å². The molecule has 3 amide bonds. The number of fused-ring (bicyclic) bond motifs is 2. The summed E-state index contributed by atoms with van der Waals surface area (Å²) in [6, 6.07) is 15.4. The van der Waals surface area contributed by atoms with Crippen LogP contribution in [0.2, 0.25) is 0 Å². The first kappa shape index (κ1) is 22.3. The van der Waals surface area contributed by atoms with Crippen LogP contribution in [0, 0.1) is 0 Å². The van der Waals surface area contributed by atoms with Crippen molar-refractivity contribution in [3.05, 3.63) is 76.5 Å². The van der Waals surface area contributed by atoms with E-state index in [1.807, 2.05) is 30.3 Å². The summed E-state index contributed by atoms with van der Waals surface area (Å²) in [4.78, 5) is 43.1. The van der Waals surface area contributed by atoms with E-state index < -0.39 is 11.6 Å². The van der Waals surface area contributed by atoms with Gasteiger partial charge in [0.15, 0.2) is 11.8 Å². The van der Waals surface area contributed by atoms with E-state index in [0.717, 1.165) is 16.5 Å². The lowest BCUT2D eigenvalue weighted by molar-refractivity contribution is -0.112. The Balaban J connectivity index is 1.68. The standard InChI is InChI=1S/C24H21ClN4O4/c1-33-18-9-7-16-12-29(22(31)19(16)11-18)13-24(14-30,28-23(26)32)21(25)10-17-8-6-15-4-2-3-5-20(15)27-17/h2-11,14H,12-13H2,1H3,(H3,26,28,32)/b21-10+/t24-/m1/s1. The molecule has 0 spiro atoms. The van der Waals surface area contributed by atoms with E-state index in [1.54, 1.807) is 24.3 Å². The van der Waals surface area contributed by atoms with Crippen molar-refractivity contribution in [3.8, 4) is 5.75 Å². The third kappa shape index (κ3) is 4.38. The number of aldehydes is 1. The number of benzene rings is 2. The summed E-state index contributed by atoms with van der Waals surface area (Å²) in [5, 5.41) is 3.34. The maximum Gasteiger partial charge on any atom is 0.313 e. The number of nitrogens with two attached hydrogens (primary N) is 1. The highest BCUT2D eigenvalue weighted by Crippen LogP contribution is 2.31.